The summed E-state index contributed by atoms with van der Waals surface area (Å²) in [5.74, 6) is 0. The van der Waals surface area contributed by atoms with E-state index in [-0.39, 0.29) is 0 Å². The van der Waals surface area contributed by atoms with Crippen molar-refractivity contribution in [1.82, 2.24) is 25.5 Å². The molecule has 2 saturated carbocycles. The van der Waals surface area contributed by atoms with Gasteiger partial charge in [-0.3, -0.25) is 0 Å². The molecule has 1 N–H and O–H groups in total. The summed E-state index contributed by atoms with van der Waals surface area (Å²) < 4.78 is 2.04. The second-order valence-electron chi connectivity index (χ2n) is 5.68. The minimum Gasteiger partial charge on any atom is -0.316 e. The van der Waals surface area contributed by atoms with Crippen LogP contribution in [0.1, 0.15) is 57.4 Å². The molecular weight excluding hydrogens is 258 g/mol. The lowest BCUT2D eigenvalue weighted by molar-refractivity contribution is 0.419. The molecule has 5 nitrogen and oxygen atoms in total. The van der Waals surface area contributed by atoms with Crippen LogP contribution in [0.2, 0.25) is 0 Å². The summed E-state index contributed by atoms with van der Waals surface area (Å²) in [7, 11) is 2.09. The van der Waals surface area contributed by atoms with Crippen molar-refractivity contribution in [2.45, 2.75) is 73.9 Å². The predicted octanol–water partition coefficient (Wildman–Crippen LogP) is 2.41. The van der Waals surface area contributed by atoms with Crippen molar-refractivity contribution in [3.05, 3.63) is 0 Å². The first-order valence-corrected chi connectivity index (χ1v) is 8.38. The zero-order chi connectivity index (χ0) is 13.1. The fraction of sp³-hybridized carbons (Fsp3) is 0.923. The first kappa shape index (κ1) is 13.4. The highest BCUT2D eigenvalue weighted by Gasteiger charge is 2.30. The van der Waals surface area contributed by atoms with E-state index in [2.05, 4.69) is 27.9 Å². The lowest BCUT2D eigenvalue weighted by Gasteiger charge is -2.28. The molecule has 3 rings (SSSR count). The maximum absolute atomic E-state index is 4.23. The molecule has 2 fully saturated rings. The highest BCUT2D eigenvalue weighted by atomic mass is 32.2. The minimum absolute atomic E-state index is 0.569. The van der Waals surface area contributed by atoms with E-state index >= 15 is 0 Å². The highest BCUT2D eigenvalue weighted by Crippen LogP contribution is 2.38. The van der Waals surface area contributed by atoms with Gasteiger partial charge in [-0.1, -0.05) is 37.4 Å². The Labute approximate surface area is 118 Å². The summed E-state index contributed by atoms with van der Waals surface area (Å²) in [6, 6.07) is 1.16. The normalized spacial score (nSPS) is 28.9. The maximum atomic E-state index is 4.23. The molecule has 2 atom stereocenters. The number of tetrazole rings is 1. The van der Waals surface area contributed by atoms with Gasteiger partial charge in [0.1, 0.15) is 0 Å². The van der Waals surface area contributed by atoms with E-state index in [1.807, 2.05) is 16.4 Å². The van der Waals surface area contributed by atoms with Gasteiger partial charge >= 0.3 is 0 Å². The van der Waals surface area contributed by atoms with Gasteiger partial charge in [-0.15, -0.1) is 5.10 Å². The molecule has 106 valence electrons. The van der Waals surface area contributed by atoms with Crippen LogP contribution in [-0.2, 0) is 0 Å². The van der Waals surface area contributed by atoms with Crippen LogP contribution in [-0.4, -0.2) is 38.5 Å². The molecule has 1 heterocycles. The van der Waals surface area contributed by atoms with Gasteiger partial charge in [-0.2, -0.15) is 0 Å². The smallest absolute Gasteiger partial charge is 0.209 e. The summed E-state index contributed by atoms with van der Waals surface area (Å²) in [4.78, 5) is 0. The molecule has 0 aromatic carbocycles. The lowest BCUT2D eigenvalue weighted by Crippen LogP contribution is -2.36. The minimum atomic E-state index is 0.569. The van der Waals surface area contributed by atoms with E-state index < -0.39 is 0 Å². The van der Waals surface area contributed by atoms with E-state index in [1.54, 1.807) is 0 Å². The average Bonchev–Trinajstić information content (AvgIpc) is 3.13. The van der Waals surface area contributed by atoms with Gasteiger partial charge < -0.3 is 5.32 Å². The predicted molar refractivity (Wildman–Crippen MR) is 76.3 cm³/mol. The van der Waals surface area contributed by atoms with Crippen molar-refractivity contribution in [2.24, 2.45) is 0 Å². The second-order valence-corrected chi connectivity index (χ2v) is 6.89. The SMILES string of the molecule is CNC1CCCCCCC1Sc1nnnn1C1CC1. The molecule has 0 spiro atoms. The van der Waals surface area contributed by atoms with Crippen molar-refractivity contribution in [3.63, 3.8) is 0 Å². The number of rotatable bonds is 4. The monoisotopic (exact) mass is 281 g/mol. The van der Waals surface area contributed by atoms with Crippen LogP contribution in [0.15, 0.2) is 5.16 Å². The Morgan fingerprint density at radius 1 is 1.11 bits per heavy atom. The summed E-state index contributed by atoms with van der Waals surface area (Å²) in [6.45, 7) is 0. The summed E-state index contributed by atoms with van der Waals surface area (Å²) in [6.07, 6.45) is 10.5. The number of hydrogen-bond donors (Lipinski definition) is 1. The van der Waals surface area contributed by atoms with Crippen LogP contribution < -0.4 is 5.32 Å². The first-order valence-electron chi connectivity index (χ1n) is 7.50. The largest absolute Gasteiger partial charge is 0.316 e. The van der Waals surface area contributed by atoms with Crippen molar-refractivity contribution in [1.29, 1.82) is 0 Å². The van der Waals surface area contributed by atoms with Crippen molar-refractivity contribution < 1.29 is 0 Å². The number of aromatic nitrogens is 4. The molecule has 2 unspecified atom stereocenters. The van der Waals surface area contributed by atoms with Gasteiger partial charge in [-0.05, 0) is 43.2 Å². The van der Waals surface area contributed by atoms with Gasteiger partial charge in [0.2, 0.25) is 5.16 Å². The van der Waals surface area contributed by atoms with Crippen LogP contribution in [0.25, 0.3) is 0 Å². The highest BCUT2D eigenvalue weighted by molar-refractivity contribution is 7.99. The Morgan fingerprint density at radius 2 is 1.89 bits per heavy atom. The molecule has 1 aromatic rings. The molecule has 2 aliphatic carbocycles. The van der Waals surface area contributed by atoms with Crippen molar-refractivity contribution in [3.8, 4) is 0 Å². The Bertz CT molecular complexity index is 403. The standard InChI is InChI=1S/C13H23N5S/c1-14-11-6-4-2-3-5-7-12(11)19-13-15-16-17-18(13)10-8-9-10/h10-12,14H,2-9H2,1H3. The number of thioether (sulfide) groups is 1. The molecule has 6 heteroatoms. The first-order chi connectivity index (χ1) is 9.38. The quantitative estimate of drug-likeness (QED) is 0.918. The van der Waals surface area contributed by atoms with E-state index in [4.69, 9.17) is 0 Å². The third-order valence-electron chi connectivity index (χ3n) is 4.19. The zero-order valence-corrected chi connectivity index (χ0v) is 12.4. The molecule has 0 aliphatic heterocycles. The Balaban J connectivity index is 1.69. The summed E-state index contributed by atoms with van der Waals surface area (Å²) >= 11 is 1.89. The molecule has 0 radical (unpaired) electrons. The van der Waals surface area contributed by atoms with E-state index in [0.717, 1.165) is 5.16 Å². The topological polar surface area (TPSA) is 55.6 Å². The van der Waals surface area contributed by atoms with Gasteiger partial charge in [-0.25, -0.2) is 4.68 Å². The van der Waals surface area contributed by atoms with Crippen LogP contribution in [0.3, 0.4) is 0 Å². The Morgan fingerprint density at radius 3 is 2.63 bits per heavy atom. The number of nitrogens with zero attached hydrogens (tertiary/aromatic N) is 4. The van der Waals surface area contributed by atoms with E-state index in [1.165, 1.54) is 51.4 Å². The fourth-order valence-corrected chi connectivity index (χ4v) is 4.24. The summed E-state index contributed by atoms with van der Waals surface area (Å²) in [5, 5.41) is 17.4. The summed E-state index contributed by atoms with van der Waals surface area (Å²) in [5.41, 5.74) is 0. The zero-order valence-electron chi connectivity index (χ0n) is 11.6. The fourth-order valence-electron chi connectivity index (χ4n) is 2.87. The molecule has 0 bridgehead atoms. The third-order valence-corrected chi connectivity index (χ3v) is 5.53. The molecule has 19 heavy (non-hydrogen) atoms. The van der Waals surface area contributed by atoms with Crippen molar-refractivity contribution in [2.75, 3.05) is 7.05 Å². The number of nitrogens with one attached hydrogen (secondary N) is 1. The van der Waals surface area contributed by atoms with Gasteiger partial charge in [0.25, 0.3) is 0 Å². The molecule has 1 aromatic heterocycles. The Kier molecular flexibility index (Phi) is 4.38. The lowest BCUT2D eigenvalue weighted by atomic mass is 9.96. The third kappa shape index (κ3) is 3.28. The molecule has 0 amide bonds. The Hall–Kier alpha value is -0.620. The maximum Gasteiger partial charge on any atom is 0.209 e. The number of hydrogen-bond acceptors (Lipinski definition) is 5. The van der Waals surface area contributed by atoms with Crippen molar-refractivity contribution >= 4 is 11.8 Å². The van der Waals surface area contributed by atoms with Gasteiger partial charge in [0.15, 0.2) is 0 Å². The average molecular weight is 281 g/mol. The van der Waals surface area contributed by atoms with Crippen LogP contribution >= 0.6 is 11.8 Å². The van der Waals surface area contributed by atoms with Gasteiger partial charge in [0, 0.05) is 11.3 Å². The van der Waals surface area contributed by atoms with E-state index in [9.17, 15) is 0 Å². The van der Waals surface area contributed by atoms with Crippen LogP contribution in [0.4, 0.5) is 0 Å². The van der Waals surface area contributed by atoms with E-state index in [0.29, 0.717) is 17.3 Å². The van der Waals surface area contributed by atoms with Gasteiger partial charge in [0.05, 0.1) is 6.04 Å². The van der Waals surface area contributed by atoms with Crippen LogP contribution in [0.5, 0.6) is 0 Å². The second kappa shape index (κ2) is 6.22. The molecule has 2 aliphatic rings. The molecule has 0 saturated heterocycles. The molecular formula is C13H23N5S. The van der Waals surface area contributed by atoms with Crippen LogP contribution in [0, 0.1) is 0 Å².